The number of aryl methyl sites for hydroxylation is 2. The van der Waals surface area contributed by atoms with Gasteiger partial charge in [-0.2, -0.15) is 5.10 Å². The number of hydrogen-bond donors (Lipinski definition) is 1. The van der Waals surface area contributed by atoms with Gasteiger partial charge in [-0.3, -0.25) is 9.48 Å². The lowest BCUT2D eigenvalue weighted by Gasteiger charge is -2.14. The molecule has 0 aliphatic carbocycles. The summed E-state index contributed by atoms with van der Waals surface area (Å²) in [4.78, 5) is 12.1. The van der Waals surface area contributed by atoms with E-state index in [-0.39, 0.29) is 11.9 Å². The molecular weight excluding hydrogens is 250 g/mol. The molecule has 1 N–H and O–H groups in total. The average molecular weight is 271 g/mol. The number of anilines is 1. The fraction of sp³-hybridized carbons (Fsp3) is 0.375. The van der Waals surface area contributed by atoms with E-state index < -0.39 is 0 Å². The van der Waals surface area contributed by atoms with Crippen LogP contribution in [0.2, 0.25) is 0 Å². The van der Waals surface area contributed by atoms with Gasteiger partial charge in [-0.1, -0.05) is 12.1 Å². The number of amides is 1. The van der Waals surface area contributed by atoms with Crippen LogP contribution in [-0.4, -0.2) is 15.7 Å². The molecule has 2 aromatic rings. The fourth-order valence-corrected chi connectivity index (χ4v) is 2.13. The number of carbonyl (C=O) groups excluding carboxylic acids is 1. The molecule has 2 rings (SSSR count). The van der Waals surface area contributed by atoms with E-state index in [4.69, 9.17) is 0 Å². The highest BCUT2D eigenvalue weighted by molar-refractivity contribution is 5.91. The maximum Gasteiger partial charge on any atom is 0.226 e. The minimum absolute atomic E-state index is 0.0133. The third kappa shape index (κ3) is 3.26. The molecule has 1 atom stereocenters. The Morgan fingerprint density at radius 1 is 1.30 bits per heavy atom. The predicted octanol–water partition coefficient (Wildman–Crippen LogP) is 3.40. The van der Waals surface area contributed by atoms with E-state index in [9.17, 15) is 4.79 Å². The highest BCUT2D eigenvalue weighted by atomic mass is 16.1. The predicted molar refractivity (Wildman–Crippen MR) is 80.8 cm³/mol. The molecule has 0 radical (unpaired) electrons. The monoisotopic (exact) mass is 271 g/mol. The van der Waals surface area contributed by atoms with Gasteiger partial charge < -0.3 is 5.32 Å². The Bertz CT molecular complexity index is 616. The van der Waals surface area contributed by atoms with E-state index in [1.807, 2.05) is 62.8 Å². The molecule has 0 fully saturated rings. The zero-order valence-electron chi connectivity index (χ0n) is 12.5. The van der Waals surface area contributed by atoms with Crippen molar-refractivity contribution in [1.29, 1.82) is 0 Å². The molecular formula is C16H21N3O. The molecule has 1 unspecified atom stereocenters. The van der Waals surface area contributed by atoms with Crippen molar-refractivity contribution in [1.82, 2.24) is 9.78 Å². The maximum atomic E-state index is 12.1. The van der Waals surface area contributed by atoms with E-state index in [1.165, 1.54) is 5.56 Å². The number of carbonyl (C=O) groups is 1. The van der Waals surface area contributed by atoms with Crippen LogP contribution in [0, 0.1) is 20.8 Å². The minimum atomic E-state index is 0.0133. The molecule has 4 nitrogen and oxygen atoms in total. The maximum absolute atomic E-state index is 12.1. The highest BCUT2D eigenvalue weighted by Crippen LogP contribution is 2.19. The molecule has 106 valence electrons. The fourth-order valence-electron chi connectivity index (χ4n) is 2.13. The summed E-state index contributed by atoms with van der Waals surface area (Å²) in [6.45, 7) is 8.00. The van der Waals surface area contributed by atoms with Gasteiger partial charge >= 0.3 is 0 Å². The third-order valence-electron chi connectivity index (χ3n) is 3.55. The van der Waals surface area contributed by atoms with Crippen molar-refractivity contribution >= 4 is 11.6 Å². The lowest BCUT2D eigenvalue weighted by Crippen LogP contribution is -2.18. The summed E-state index contributed by atoms with van der Waals surface area (Å²) < 4.78 is 1.83. The Labute approximate surface area is 119 Å². The lowest BCUT2D eigenvalue weighted by atomic mass is 10.1. The number of nitrogens with zero attached hydrogens (tertiary/aromatic N) is 2. The molecule has 0 aliphatic heterocycles. The molecule has 1 aromatic heterocycles. The summed E-state index contributed by atoms with van der Waals surface area (Å²) in [5, 5.41) is 7.32. The Morgan fingerprint density at radius 3 is 2.70 bits per heavy atom. The second-order valence-corrected chi connectivity index (χ2v) is 5.29. The van der Waals surface area contributed by atoms with E-state index in [0.717, 1.165) is 16.9 Å². The van der Waals surface area contributed by atoms with E-state index in [0.29, 0.717) is 6.42 Å². The summed E-state index contributed by atoms with van der Waals surface area (Å²) in [5.41, 5.74) is 4.15. The summed E-state index contributed by atoms with van der Waals surface area (Å²) in [5.74, 6) is 0.0133. The second kappa shape index (κ2) is 5.90. The molecule has 0 aliphatic rings. The van der Waals surface area contributed by atoms with Crippen LogP contribution in [-0.2, 0) is 4.79 Å². The van der Waals surface area contributed by atoms with Gasteiger partial charge in [0.15, 0.2) is 0 Å². The molecule has 4 heteroatoms. The van der Waals surface area contributed by atoms with Crippen LogP contribution in [0.5, 0.6) is 0 Å². The number of nitrogens with one attached hydrogen (secondary N) is 1. The Hall–Kier alpha value is -2.10. The van der Waals surface area contributed by atoms with Crippen LogP contribution in [0.3, 0.4) is 0 Å². The average Bonchev–Trinajstić information content (AvgIpc) is 2.82. The summed E-state index contributed by atoms with van der Waals surface area (Å²) in [6.07, 6.45) is 2.32. The van der Waals surface area contributed by atoms with Gasteiger partial charge in [0.1, 0.15) is 0 Å². The van der Waals surface area contributed by atoms with Crippen molar-refractivity contribution in [2.45, 2.75) is 40.2 Å². The molecule has 1 amide bonds. The third-order valence-corrected chi connectivity index (χ3v) is 3.55. The van der Waals surface area contributed by atoms with Crippen LogP contribution in [0.25, 0.3) is 0 Å². The SMILES string of the molecule is Cc1ccn(C(C)CC(=O)Nc2cccc(C)c2C)n1. The van der Waals surface area contributed by atoms with Gasteiger partial charge in [-0.05, 0) is 51.0 Å². The van der Waals surface area contributed by atoms with Crippen molar-refractivity contribution in [2.24, 2.45) is 0 Å². The highest BCUT2D eigenvalue weighted by Gasteiger charge is 2.12. The number of rotatable bonds is 4. The Kier molecular flexibility index (Phi) is 4.23. The number of aromatic nitrogens is 2. The molecule has 1 heterocycles. The summed E-state index contributed by atoms with van der Waals surface area (Å²) >= 11 is 0. The van der Waals surface area contributed by atoms with Gasteiger partial charge in [0.05, 0.1) is 11.7 Å². The molecule has 1 aromatic carbocycles. The molecule has 0 saturated heterocycles. The van der Waals surface area contributed by atoms with E-state index >= 15 is 0 Å². The van der Waals surface area contributed by atoms with E-state index in [2.05, 4.69) is 10.4 Å². The van der Waals surface area contributed by atoms with Crippen LogP contribution >= 0.6 is 0 Å². The minimum Gasteiger partial charge on any atom is -0.326 e. The molecule has 0 bridgehead atoms. The lowest BCUT2D eigenvalue weighted by molar-refractivity contribution is -0.116. The number of hydrogen-bond acceptors (Lipinski definition) is 2. The van der Waals surface area contributed by atoms with Gasteiger partial charge in [-0.15, -0.1) is 0 Å². The van der Waals surface area contributed by atoms with Crippen LogP contribution in [0.15, 0.2) is 30.5 Å². The van der Waals surface area contributed by atoms with Gasteiger partial charge in [-0.25, -0.2) is 0 Å². The quantitative estimate of drug-likeness (QED) is 0.926. The topological polar surface area (TPSA) is 46.9 Å². The van der Waals surface area contributed by atoms with Crippen molar-refractivity contribution in [3.05, 3.63) is 47.3 Å². The first kappa shape index (κ1) is 14.3. The molecule has 0 spiro atoms. The molecule has 20 heavy (non-hydrogen) atoms. The first-order valence-electron chi connectivity index (χ1n) is 6.85. The summed E-state index contributed by atoms with van der Waals surface area (Å²) in [6, 6.07) is 7.93. The van der Waals surface area contributed by atoms with Gasteiger partial charge in [0.2, 0.25) is 5.91 Å². The van der Waals surface area contributed by atoms with Crippen molar-refractivity contribution in [3.8, 4) is 0 Å². The van der Waals surface area contributed by atoms with Gasteiger partial charge in [0.25, 0.3) is 0 Å². The van der Waals surface area contributed by atoms with Crippen LogP contribution in [0.4, 0.5) is 5.69 Å². The summed E-state index contributed by atoms with van der Waals surface area (Å²) in [7, 11) is 0. The van der Waals surface area contributed by atoms with Crippen LogP contribution in [0.1, 0.15) is 36.2 Å². The first-order valence-corrected chi connectivity index (χ1v) is 6.85. The smallest absolute Gasteiger partial charge is 0.226 e. The first-order chi connectivity index (χ1) is 9.47. The zero-order chi connectivity index (χ0) is 14.7. The zero-order valence-corrected chi connectivity index (χ0v) is 12.5. The van der Waals surface area contributed by atoms with Crippen molar-refractivity contribution < 1.29 is 4.79 Å². The van der Waals surface area contributed by atoms with Crippen molar-refractivity contribution in [3.63, 3.8) is 0 Å². The van der Waals surface area contributed by atoms with Crippen LogP contribution < -0.4 is 5.32 Å². The Morgan fingerprint density at radius 2 is 2.05 bits per heavy atom. The molecule has 0 saturated carbocycles. The normalized spacial score (nSPS) is 12.2. The largest absolute Gasteiger partial charge is 0.326 e. The second-order valence-electron chi connectivity index (χ2n) is 5.29. The van der Waals surface area contributed by atoms with E-state index in [1.54, 1.807) is 0 Å². The Balaban J connectivity index is 2.00. The van der Waals surface area contributed by atoms with Gasteiger partial charge in [0, 0.05) is 18.3 Å². The standard InChI is InChI=1S/C16H21N3O/c1-11-6-5-7-15(14(11)4)17-16(20)10-13(3)19-9-8-12(2)18-19/h5-9,13H,10H2,1-4H3,(H,17,20). The van der Waals surface area contributed by atoms with Crippen molar-refractivity contribution in [2.75, 3.05) is 5.32 Å². The number of benzene rings is 1.